The predicted octanol–water partition coefficient (Wildman–Crippen LogP) is 4.20. The predicted molar refractivity (Wildman–Crippen MR) is 82.0 cm³/mol. The van der Waals surface area contributed by atoms with E-state index in [-0.39, 0.29) is 5.82 Å². The first-order valence-electron chi connectivity index (χ1n) is 6.20. The summed E-state index contributed by atoms with van der Waals surface area (Å²) in [4.78, 5) is 4.31. The van der Waals surface area contributed by atoms with E-state index in [0.717, 1.165) is 10.0 Å². The molecule has 0 aliphatic heterocycles. The van der Waals surface area contributed by atoms with Crippen LogP contribution in [0.15, 0.2) is 45.4 Å². The molecule has 1 heterocycles. The van der Waals surface area contributed by atoms with E-state index < -0.39 is 0 Å². The Kier molecular flexibility index (Phi) is 3.47. The van der Waals surface area contributed by atoms with Crippen LogP contribution in [0, 0.1) is 12.7 Å². The van der Waals surface area contributed by atoms with Crippen molar-refractivity contribution in [3.8, 4) is 22.8 Å². The lowest BCUT2D eigenvalue weighted by molar-refractivity contribution is 0.432. The molecule has 0 bridgehead atoms. The number of benzene rings is 2. The first-order chi connectivity index (χ1) is 10.0. The number of halogens is 2. The molecule has 6 heteroatoms. The molecule has 106 valence electrons. The smallest absolute Gasteiger partial charge is 0.258 e. The second-order valence-corrected chi connectivity index (χ2v) is 5.47. The number of nitrogens with two attached hydrogens (primary N) is 1. The van der Waals surface area contributed by atoms with Crippen LogP contribution in [0.25, 0.3) is 22.8 Å². The molecule has 0 saturated heterocycles. The van der Waals surface area contributed by atoms with Crippen molar-refractivity contribution in [2.24, 2.45) is 0 Å². The second-order valence-electron chi connectivity index (χ2n) is 4.62. The SMILES string of the molecule is Cc1ccc(F)cc1-c1noc(-c2ccc(Br)c(N)c2)n1. The molecule has 1 aromatic heterocycles. The first kappa shape index (κ1) is 13.8. The Labute approximate surface area is 128 Å². The van der Waals surface area contributed by atoms with Crippen molar-refractivity contribution in [1.29, 1.82) is 0 Å². The number of nitrogen functional groups attached to an aromatic ring is 1. The third kappa shape index (κ3) is 2.67. The van der Waals surface area contributed by atoms with E-state index in [1.165, 1.54) is 12.1 Å². The first-order valence-corrected chi connectivity index (χ1v) is 6.99. The Morgan fingerprint density at radius 1 is 1.19 bits per heavy atom. The zero-order valence-electron chi connectivity index (χ0n) is 11.1. The van der Waals surface area contributed by atoms with E-state index in [0.29, 0.717) is 28.5 Å². The Bertz CT molecular complexity index is 816. The van der Waals surface area contributed by atoms with Crippen LogP contribution in [0.3, 0.4) is 0 Å². The number of rotatable bonds is 2. The van der Waals surface area contributed by atoms with Crippen molar-refractivity contribution < 1.29 is 8.91 Å². The molecule has 2 aromatic carbocycles. The van der Waals surface area contributed by atoms with Gasteiger partial charge in [0.05, 0.1) is 0 Å². The Balaban J connectivity index is 2.03. The molecule has 0 aliphatic carbocycles. The molecule has 3 aromatic rings. The quantitative estimate of drug-likeness (QED) is 0.705. The summed E-state index contributed by atoms with van der Waals surface area (Å²) < 4.78 is 19.4. The fourth-order valence-corrected chi connectivity index (χ4v) is 2.21. The van der Waals surface area contributed by atoms with Gasteiger partial charge in [0, 0.05) is 21.3 Å². The van der Waals surface area contributed by atoms with Gasteiger partial charge in [-0.1, -0.05) is 11.2 Å². The van der Waals surface area contributed by atoms with Crippen LogP contribution in [0.5, 0.6) is 0 Å². The van der Waals surface area contributed by atoms with E-state index in [1.54, 1.807) is 12.1 Å². The zero-order chi connectivity index (χ0) is 15.0. The zero-order valence-corrected chi connectivity index (χ0v) is 12.7. The highest BCUT2D eigenvalue weighted by molar-refractivity contribution is 9.10. The van der Waals surface area contributed by atoms with Crippen LogP contribution in [0.4, 0.5) is 10.1 Å². The fourth-order valence-electron chi connectivity index (χ4n) is 1.96. The lowest BCUT2D eigenvalue weighted by Crippen LogP contribution is -1.89. The van der Waals surface area contributed by atoms with Gasteiger partial charge in [-0.3, -0.25) is 0 Å². The Morgan fingerprint density at radius 2 is 2.00 bits per heavy atom. The average molecular weight is 348 g/mol. The molecule has 21 heavy (non-hydrogen) atoms. The highest BCUT2D eigenvalue weighted by atomic mass is 79.9. The van der Waals surface area contributed by atoms with Crippen LogP contribution in [0.1, 0.15) is 5.56 Å². The van der Waals surface area contributed by atoms with Gasteiger partial charge < -0.3 is 10.3 Å². The lowest BCUT2D eigenvalue weighted by Gasteiger charge is -2.00. The van der Waals surface area contributed by atoms with E-state index in [2.05, 4.69) is 26.1 Å². The van der Waals surface area contributed by atoms with E-state index >= 15 is 0 Å². The fraction of sp³-hybridized carbons (Fsp3) is 0.0667. The number of nitrogens with zero attached hydrogens (tertiary/aromatic N) is 2. The van der Waals surface area contributed by atoms with Gasteiger partial charge in [0.15, 0.2) is 0 Å². The van der Waals surface area contributed by atoms with Crippen molar-refractivity contribution >= 4 is 21.6 Å². The Hall–Kier alpha value is -2.21. The highest BCUT2D eigenvalue weighted by Crippen LogP contribution is 2.28. The summed E-state index contributed by atoms with van der Waals surface area (Å²) >= 11 is 3.33. The molecule has 0 saturated carbocycles. The van der Waals surface area contributed by atoms with Gasteiger partial charge in [-0.15, -0.1) is 0 Å². The van der Waals surface area contributed by atoms with Crippen molar-refractivity contribution in [2.45, 2.75) is 6.92 Å². The van der Waals surface area contributed by atoms with Crippen LogP contribution in [0.2, 0.25) is 0 Å². The van der Waals surface area contributed by atoms with Crippen LogP contribution in [-0.4, -0.2) is 10.1 Å². The molecule has 0 amide bonds. The van der Waals surface area contributed by atoms with Crippen LogP contribution >= 0.6 is 15.9 Å². The number of anilines is 1. The normalized spacial score (nSPS) is 10.8. The van der Waals surface area contributed by atoms with Crippen LogP contribution in [-0.2, 0) is 0 Å². The topological polar surface area (TPSA) is 64.9 Å². The maximum atomic E-state index is 13.4. The van der Waals surface area contributed by atoms with Gasteiger partial charge in [-0.2, -0.15) is 4.98 Å². The summed E-state index contributed by atoms with van der Waals surface area (Å²) in [7, 11) is 0. The van der Waals surface area contributed by atoms with Crippen LogP contribution < -0.4 is 5.73 Å². The molecule has 0 unspecified atom stereocenters. The molecule has 0 aliphatic rings. The number of aryl methyl sites for hydroxylation is 1. The maximum Gasteiger partial charge on any atom is 0.258 e. The third-order valence-corrected chi connectivity index (χ3v) is 3.83. The van der Waals surface area contributed by atoms with Gasteiger partial charge >= 0.3 is 0 Å². The van der Waals surface area contributed by atoms with Gasteiger partial charge in [0.2, 0.25) is 5.82 Å². The van der Waals surface area contributed by atoms with E-state index in [1.807, 2.05) is 19.1 Å². The Morgan fingerprint density at radius 3 is 2.76 bits per heavy atom. The van der Waals surface area contributed by atoms with Crippen molar-refractivity contribution in [2.75, 3.05) is 5.73 Å². The summed E-state index contributed by atoms with van der Waals surface area (Å²) in [5, 5.41) is 3.91. The maximum absolute atomic E-state index is 13.4. The molecule has 4 nitrogen and oxygen atoms in total. The lowest BCUT2D eigenvalue weighted by atomic mass is 10.1. The molecule has 0 radical (unpaired) electrons. The monoisotopic (exact) mass is 347 g/mol. The number of hydrogen-bond donors (Lipinski definition) is 1. The van der Waals surface area contributed by atoms with E-state index in [4.69, 9.17) is 10.3 Å². The summed E-state index contributed by atoms with van der Waals surface area (Å²) in [5.74, 6) is 0.353. The number of hydrogen-bond acceptors (Lipinski definition) is 4. The van der Waals surface area contributed by atoms with Crippen molar-refractivity contribution in [3.63, 3.8) is 0 Å². The minimum atomic E-state index is -0.338. The summed E-state index contributed by atoms with van der Waals surface area (Å²) in [6.45, 7) is 1.86. The second kappa shape index (κ2) is 5.29. The molecule has 0 atom stereocenters. The molecule has 3 rings (SSSR count). The summed E-state index contributed by atoms with van der Waals surface area (Å²) in [6.07, 6.45) is 0. The molecule has 2 N–H and O–H groups in total. The standard InChI is InChI=1S/C15H11BrFN3O/c1-8-2-4-10(17)7-11(8)14-19-15(21-20-14)9-3-5-12(16)13(18)6-9/h2-7H,18H2,1H3. The molecular weight excluding hydrogens is 337 g/mol. The molecule has 0 spiro atoms. The number of aromatic nitrogens is 2. The third-order valence-electron chi connectivity index (χ3n) is 3.11. The minimum absolute atomic E-state index is 0.338. The van der Waals surface area contributed by atoms with Gasteiger partial charge in [-0.25, -0.2) is 4.39 Å². The summed E-state index contributed by atoms with van der Waals surface area (Å²) in [5.41, 5.74) is 8.60. The molecular formula is C15H11BrFN3O. The van der Waals surface area contributed by atoms with Crippen molar-refractivity contribution in [3.05, 3.63) is 52.3 Å². The largest absolute Gasteiger partial charge is 0.398 e. The summed E-state index contributed by atoms with van der Waals surface area (Å²) in [6, 6.07) is 9.82. The minimum Gasteiger partial charge on any atom is -0.398 e. The van der Waals surface area contributed by atoms with E-state index in [9.17, 15) is 4.39 Å². The van der Waals surface area contributed by atoms with Gasteiger partial charge in [-0.05, 0) is 58.7 Å². The molecule has 0 fully saturated rings. The average Bonchev–Trinajstić information content (AvgIpc) is 2.94. The highest BCUT2D eigenvalue weighted by Gasteiger charge is 2.13. The van der Waals surface area contributed by atoms with Gasteiger partial charge in [0.25, 0.3) is 5.89 Å². The van der Waals surface area contributed by atoms with Crippen molar-refractivity contribution in [1.82, 2.24) is 10.1 Å². The van der Waals surface area contributed by atoms with Gasteiger partial charge in [0.1, 0.15) is 5.82 Å².